The molecule has 2 aliphatic rings. The van der Waals surface area contributed by atoms with Gasteiger partial charge in [0, 0.05) is 36.7 Å². The second-order valence-corrected chi connectivity index (χ2v) is 9.39. The maximum atomic E-state index is 12.6. The molecule has 0 aromatic heterocycles. The number of ether oxygens (including phenoxy) is 2. The molecule has 36 heavy (non-hydrogen) atoms. The van der Waals surface area contributed by atoms with Crippen molar-refractivity contribution in [2.24, 2.45) is 11.0 Å². The van der Waals surface area contributed by atoms with E-state index in [1.807, 2.05) is 59.5 Å². The van der Waals surface area contributed by atoms with Gasteiger partial charge >= 0.3 is 6.09 Å². The van der Waals surface area contributed by atoms with Gasteiger partial charge in [-0.25, -0.2) is 4.79 Å². The summed E-state index contributed by atoms with van der Waals surface area (Å²) in [7, 11) is 1.68. The van der Waals surface area contributed by atoms with Gasteiger partial charge in [-0.2, -0.15) is 0 Å². The largest absolute Gasteiger partial charge is 0.497 e. The average Bonchev–Trinajstić information content (AvgIpc) is 3.38. The van der Waals surface area contributed by atoms with Gasteiger partial charge in [-0.05, 0) is 59.4 Å². The van der Waals surface area contributed by atoms with E-state index in [4.69, 9.17) is 14.6 Å². The molecule has 6 nitrogen and oxygen atoms in total. The lowest BCUT2D eigenvalue weighted by Gasteiger charge is -2.30. The van der Waals surface area contributed by atoms with Crippen LogP contribution in [0.4, 0.5) is 10.5 Å². The van der Waals surface area contributed by atoms with Crippen LogP contribution in [0.3, 0.4) is 0 Å². The summed E-state index contributed by atoms with van der Waals surface area (Å²) in [5.74, 6) is 1.16. The Labute approximate surface area is 212 Å². The van der Waals surface area contributed by atoms with Crippen molar-refractivity contribution in [3.8, 4) is 5.75 Å². The first kappa shape index (κ1) is 23.8. The van der Waals surface area contributed by atoms with Gasteiger partial charge in [0.05, 0.1) is 19.2 Å². The maximum absolute atomic E-state index is 12.6. The molecule has 0 saturated carbocycles. The third-order valence-corrected chi connectivity index (χ3v) is 6.96. The van der Waals surface area contributed by atoms with Crippen molar-refractivity contribution in [2.75, 3.05) is 20.2 Å². The zero-order valence-electron chi connectivity index (χ0n) is 20.9. The highest BCUT2D eigenvalue weighted by molar-refractivity contribution is 6.13. The molecule has 1 fully saturated rings. The van der Waals surface area contributed by atoms with Gasteiger partial charge < -0.3 is 14.4 Å². The molecule has 0 aliphatic carbocycles. The molecule has 0 bridgehead atoms. The fourth-order valence-electron chi connectivity index (χ4n) is 4.81. The van der Waals surface area contributed by atoms with Gasteiger partial charge in [0.2, 0.25) is 11.4 Å². The van der Waals surface area contributed by atoms with Crippen LogP contribution in [-0.4, -0.2) is 47.3 Å². The van der Waals surface area contributed by atoms with Crippen LogP contribution in [-0.2, 0) is 11.3 Å². The normalized spacial score (nSPS) is 16.2. The third-order valence-electron chi connectivity index (χ3n) is 6.96. The second kappa shape index (κ2) is 10.8. The number of hydrogen-bond acceptors (Lipinski definition) is 4. The molecule has 0 spiro atoms. The number of aryl methyl sites for hydroxylation is 1. The number of piperidine rings is 1. The number of amides is 1. The summed E-state index contributed by atoms with van der Waals surface area (Å²) in [5.41, 5.74) is 6.79. The Morgan fingerprint density at radius 3 is 2.33 bits per heavy atom. The summed E-state index contributed by atoms with van der Waals surface area (Å²) < 4.78 is 13.0. The van der Waals surface area contributed by atoms with Crippen molar-refractivity contribution in [3.05, 3.63) is 95.6 Å². The van der Waals surface area contributed by atoms with Crippen LogP contribution >= 0.6 is 0 Å². The number of hydrazone groups is 1. The minimum atomic E-state index is -0.238. The molecule has 6 heteroatoms. The first-order valence-corrected chi connectivity index (χ1v) is 12.5. The van der Waals surface area contributed by atoms with E-state index < -0.39 is 0 Å². The number of methoxy groups -OCH3 is 1. The van der Waals surface area contributed by atoms with Gasteiger partial charge in [0.15, 0.2) is 0 Å². The Hall–Kier alpha value is -3.93. The quantitative estimate of drug-likeness (QED) is 0.408. The van der Waals surface area contributed by atoms with Crippen molar-refractivity contribution < 1.29 is 19.0 Å². The van der Waals surface area contributed by atoms with Gasteiger partial charge in [0.1, 0.15) is 12.4 Å². The monoisotopic (exact) mass is 482 g/mol. The number of hydrogen-bond donors (Lipinski definition) is 0. The molecule has 0 radical (unpaired) electrons. The summed E-state index contributed by atoms with van der Waals surface area (Å²) >= 11 is 0. The summed E-state index contributed by atoms with van der Waals surface area (Å²) in [4.78, 5) is 14.4. The SMILES string of the molecule is COc1ccc([N+]2=C(c3ccc(C)cc3)CC(C3CCN(C(=O)OCc4ccccc4)CC3)=N2)cc1. The summed E-state index contributed by atoms with van der Waals surface area (Å²) in [6.45, 7) is 3.77. The van der Waals surface area contributed by atoms with Crippen LogP contribution in [0.5, 0.6) is 5.75 Å². The minimum Gasteiger partial charge on any atom is -0.497 e. The summed E-state index contributed by atoms with van der Waals surface area (Å²) in [5, 5.41) is 5.10. The summed E-state index contributed by atoms with van der Waals surface area (Å²) in [6.07, 6.45) is 2.34. The zero-order chi connectivity index (χ0) is 24.9. The van der Waals surface area contributed by atoms with Gasteiger partial charge in [-0.1, -0.05) is 48.0 Å². The van der Waals surface area contributed by atoms with E-state index in [0.29, 0.717) is 25.6 Å². The van der Waals surface area contributed by atoms with Gasteiger partial charge in [0.25, 0.3) is 0 Å². The molecule has 0 N–H and O–H groups in total. The van der Waals surface area contributed by atoms with Crippen LogP contribution in [0.15, 0.2) is 84.0 Å². The van der Waals surface area contributed by atoms with E-state index in [0.717, 1.165) is 36.3 Å². The Bertz CT molecular complexity index is 1260. The Morgan fingerprint density at radius 2 is 1.67 bits per heavy atom. The molecular formula is C30H32N3O3+. The zero-order valence-corrected chi connectivity index (χ0v) is 20.9. The summed E-state index contributed by atoms with van der Waals surface area (Å²) in [6, 6.07) is 26.5. The van der Waals surface area contributed by atoms with Crippen molar-refractivity contribution in [3.63, 3.8) is 0 Å². The lowest BCUT2D eigenvalue weighted by Crippen LogP contribution is -2.40. The Morgan fingerprint density at radius 1 is 0.972 bits per heavy atom. The molecule has 3 aromatic carbocycles. The van der Waals surface area contributed by atoms with Crippen molar-refractivity contribution in [1.82, 2.24) is 4.90 Å². The smallest absolute Gasteiger partial charge is 0.410 e. The van der Waals surface area contributed by atoms with Crippen LogP contribution in [0, 0.1) is 12.8 Å². The molecule has 1 saturated heterocycles. The van der Waals surface area contributed by atoms with Crippen LogP contribution in [0.1, 0.15) is 36.0 Å². The van der Waals surface area contributed by atoms with E-state index >= 15 is 0 Å². The van der Waals surface area contributed by atoms with Crippen molar-refractivity contribution >= 4 is 23.2 Å². The molecule has 1 amide bonds. The molecule has 0 unspecified atom stereocenters. The minimum absolute atomic E-state index is 0.238. The van der Waals surface area contributed by atoms with Crippen LogP contribution in [0.25, 0.3) is 0 Å². The molecule has 2 heterocycles. The third kappa shape index (κ3) is 5.33. The predicted molar refractivity (Wildman–Crippen MR) is 141 cm³/mol. The van der Waals surface area contributed by atoms with Crippen LogP contribution in [0.2, 0.25) is 0 Å². The number of carbonyl (C=O) groups excluding carboxylic acids is 1. The lowest BCUT2D eigenvalue weighted by molar-refractivity contribution is -0.441. The standard InChI is InChI=1S/C30H32N3O3/c1-22-8-10-25(11-9-22)29-20-28(31-33(29)26-12-14-27(35-2)15-13-26)24-16-18-32(19-17-24)30(34)36-21-23-6-4-3-5-7-23/h3-15,24H,16-21H2,1-2H3/q+1. The Balaban J connectivity index is 1.27. The highest BCUT2D eigenvalue weighted by Gasteiger charge is 2.36. The first-order valence-electron chi connectivity index (χ1n) is 12.5. The molecule has 2 aliphatic heterocycles. The van der Waals surface area contributed by atoms with E-state index in [2.05, 4.69) is 35.9 Å². The average molecular weight is 483 g/mol. The maximum Gasteiger partial charge on any atom is 0.410 e. The van der Waals surface area contributed by atoms with E-state index in [1.54, 1.807) is 7.11 Å². The second-order valence-electron chi connectivity index (χ2n) is 9.39. The van der Waals surface area contributed by atoms with E-state index in [1.165, 1.54) is 22.6 Å². The van der Waals surface area contributed by atoms with E-state index in [9.17, 15) is 4.79 Å². The number of likely N-dealkylation sites (tertiary alicyclic amines) is 1. The predicted octanol–water partition coefficient (Wildman–Crippen LogP) is 5.95. The number of carbonyl (C=O) groups is 1. The molecular weight excluding hydrogens is 450 g/mol. The fraction of sp³-hybridized carbons (Fsp3) is 0.300. The van der Waals surface area contributed by atoms with Gasteiger partial charge in [-0.3, -0.25) is 0 Å². The Kier molecular flexibility index (Phi) is 7.12. The highest BCUT2D eigenvalue weighted by atomic mass is 16.6. The number of nitrogens with zero attached hydrogens (tertiary/aromatic N) is 3. The lowest BCUT2D eigenvalue weighted by atomic mass is 9.88. The van der Waals surface area contributed by atoms with Crippen LogP contribution < -0.4 is 4.74 Å². The fourth-order valence-corrected chi connectivity index (χ4v) is 4.81. The molecule has 184 valence electrons. The highest BCUT2D eigenvalue weighted by Crippen LogP contribution is 2.29. The molecule has 3 aromatic rings. The topological polar surface area (TPSA) is 54.1 Å². The molecule has 5 rings (SSSR count). The van der Waals surface area contributed by atoms with Crippen molar-refractivity contribution in [1.29, 1.82) is 0 Å². The van der Waals surface area contributed by atoms with E-state index in [-0.39, 0.29) is 6.09 Å². The van der Waals surface area contributed by atoms with Crippen molar-refractivity contribution in [2.45, 2.75) is 32.8 Å². The van der Waals surface area contributed by atoms with Gasteiger partial charge in [-0.15, -0.1) is 0 Å². The molecule has 0 atom stereocenters. The number of rotatable bonds is 6. The number of benzene rings is 3. The first-order chi connectivity index (χ1) is 17.6.